The Morgan fingerprint density at radius 1 is 0.340 bits per heavy atom. The molecule has 0 unspecified atom stereocenters. The van der Waals surface area contributed by atoms with E-state index < -0.39 is 0 Å². The summed E-state index contributed by atoms with van der Waals surface area (Å²) in [6, 6.07) is 59.1. The summed E-state index contributed by atoms with van der Waals surface area (Å²) in [6.45, 7) is 0. The number of rotatable bonds is 5. The highest BCUT2D eigenvalue weighted by Crippen LogP contribution is 2.47. The third kappa shape index (κ3) is 4.95. The molecule has 0 spiro atoms. The molecule has 0 N–H and O–H groups in total. The zero-order valence-corrected chi connectivity index (χ0v) is 25.5. The predicted octanol–water partition coefficient (Wildman–Crippen LogP) is 11.7. The van der Waals surface area contributed by atoms with Crippen LogP contribution in [0.3, 0.4) is 0 Å². The van der Waals surface area contributed by atoms with E-state index in [0.29, 0.717) is 5.82 Å². The van der Waals surface area contributed by atoms with Crippen LogP contribution in [0.25, 0.3) is 78.1 Å². The van der Waals surface area contributed by atoms with Crippen molar-refractivity contribution in [2.45, 2.75) is 0 Å². The first-order chi connectivity index (χ1) is 23.3. The molecule has 0 saturated carbocycles. The molecular weight excluding hydrogens is 572 g/mol. The first kappa shape index (κ1) is 27.0. The Morgan fingerprint density at radius 2 is 0.894 bits per heavy atom. The summed E-state index contributed by atoms with van der Waals surface area (Å²) in [5, 5.41) is 2.36. The molecule has 220 valence electrons. The first-order valence-corrected chi connectivity index (χ1v) is 15.8. The maximum Gasteiger partial charge on any atom is 0.160 e. The molecule has 0 amide bonds. The summed E-state index contributed by atoms with van der Waals surface area (Å²) in [7, 11) is 0. The van der Waals surface area contributed by atoms with Crippen molar-refractivity contribution in [1.29, 1.82) is 0 Å². The van der Waals surface area contributed by atoms with Crippen LogP contribution in [0, 0.1) is 0 Å². The lowest BCUT2D eigenvalue weighted by Crippen LogP contribution is -1.97. The fourth-order valence-electron chi connectivity index (χ4n) is 6.55. The summed E-state index contributed by atoms with van der Waals surface area (Å²) in [6.07, 6.45) is 0. The summed E-state index contributed by atoms with van der Waals surface area (Å²) in [4.78, 5) is 10.0. The Hall–Kier alpha value is -6.32. The summed E-state index contributed by atoms with van der Waals surface area (Å²) in [5.41, 5.74) is 11.8. The van der Waals surface area contributed by atoms with E-state index >= 15 is 0 Å². The van der Waals surface area contributed by atoms with E-state index in [0.717, 1.165) is 67.4 Å². The van der Waals surface area contributed by atoms with Crippen molar-refractivity contribution in [2.24, 2.45) is 0 Å². The Labute approximate surface area is 273 Å². The quantitative estimate of drug-likeness (QED) is 0.197. The second-order valence-electron chi connectivity index (χ2n) is 11.8. The van der Waals surface area contributed by atoms with Crippen LogP contribution in [-0.4, -0.2) is 9.97 Å². The average molecular weight is 601 g/mol. The second kappa shape index (κ2) is 11.2. The van der Waals surface area contributed by atoms with Gasteiger partial charge >= 0.3 is 0 Å². The molecule has 3 nitrogen and oxygen atoms in total. The minimum Gasteiger partial charge on any atom is -0.456 e. The third-order valence-corrected chi connectivity index (χ3v) is 8.87. The molecule has 1 aliphatic rings. The van der Waals surface area contributed by atoms with E-state index in [2.05, 4.69) is 127 Å². The molecule has 8 aromatic rings. The van der Waals surface area contributed by atoms with Crippen molar-refractivity contribution < 1.29 is 4.74 Å². The molecule has 7 aromatic carbocycles. The number of hydrogen-bond donors (Lipinski definition) is 0. The average Bonchev–Trinajstić information content (AvgIpc) is 3.15. The molecule has 0 atom stereocenters. The molecule has 0 fully saturated rings. The maximum atomic E-state index is 6.35. The van der Waals surface area contributed by atoms with Gasteiger partial charge in [-0.25, -0.2) is 9.97 Å². The molecule has 0 bridgehead atoms. The number of ether oxygens (including phenoxy) is 1. The van der Waals surface area contributed by atoms with Crippen LogP contribution >= 0.6 is 0 Å². The van der Waals surface area contributed by atoms with Gasteiger partial charge in [0.2, 0.25) is 0 Å². The van der Waals surface area contributed by atoms with Gasteiger partial charge in [0.1, 0.15) is 11.5 Å². The van der Waals surface area contributed by atoms with E-state index in [1.165, 1.54) is 16.3 Å². The number of nitrogens with zero attached hydrogens (tertiary/aromatic N) is 2. The van der Waals surface area contributed by atoms with E-state index in [4.69, 9.17) is 14.7 Å². The van der Waals surface area contributed by atoms with Crippen LogP contribution in [0.1, 0.15) is 0 Å². The summed E-state index contributed by atoms with van der Waals surface area (Å²) >= 11 is 0. The largest absolute Gasteiger partial charge is 0.456 e. The van der Waals surface area contributed by atoms with Crippen LogP contribution < -0.4 is 4.74 Å². The highest BCUT2D eigenvalue weighted by molar-refractivity contribution is 6.04. The van der Waals surface area contributed by atoms with Gasteiger partial charge in [0.15, 0.2) is 5.82 Å². The highest BCUT2D eigenvalue weighted by atomic mass is 16.5. The van der Waals surface area contributed by atoms with Crippen molar-refractivity contribution in [3.63, 3.8) is 0 Å². The minimum atomic E-state index is 0.712. The summed E-state index contributed by atoms with van der Waals surface area (Å²) in [5.74, 6) is 2.51. The van der Waals surface area contributed by atoms with Crippen LogP contribution in [0.15, 0.2) is 170 Å². The zero-order chi connectivity index (χ0) is 31.2. The van der Waals surface area contributed by atoms with Crippen molar-refractivity contribution in [2.75, 3.05) is 0 Å². The first-order valence-electron chi connectivity index (χ1n) is 15.8. The van der Waals surface area contributed by atoms with Crippen molar-refractivity contribution >= 4 is 10.8 Å². The van der Waals surface area contributed by atoms with Crippen LogP contribution in [-0.2, 0) is 0 Å². The Bertz CT molecular complexity index is 2370. The lowest BCUT2D eigenvalue weighted by molar-refractivity contribution is 0.487. The van der Waals surface area contributed by atoms with E-state index in [-0.39, 0.29) is 0 Å². The van der Waals surface area contributed by atoms with E-state index in [1.807, 2.05) is 42.5 Å². The molecule has 0 radical (unpaired) electrons. The number of aromatic nitrogens is 2. The normalized spacial score (nSPS) is 11.6. The Morgan fingerprint density at radius 3 is 1.62 bits per heavy atom. The van der Waals surface area contributed by atoms with E-state index in [1.54, 1.807) is 0 Å². The second-order valence-corrected chi connectivity index (χ2v) is 11.8. The van der Waals surface area contributed by atoms with Gasteiger partial charge in [-0.05, 0) is 69.6 Å². The zero-order valence-electron chi connectivity index (χ0n) is 25.5. The van der Waals surface area contributed by atoms with Crippen molar-refractivity contribution in [3.8, 4) is 78.8 Å². The molecule has 3 heteroatoms. The van der Waals surface area contributed by atoms with Crippen molar-refractivity contribution in [3.05, 3.63) is 170 Å². The van der Waals surface area contributed by atoms with Crippen LogP contribution in [0.5, 0.6) is 11.5 Å². The fraction of sp³-hybridized carbons (Fsp3) is 0. The monoisotopic (exact) mass is 600 g/mol. The number of benzene rings is 7. The Kier molecular flexibility index (Phi) is 6.46. The van der Waals surface area contributed by atoms with Gasteiger partial charge in [0, 0.05) is 27.6 Å². The van der Waals surface area contributed by atoms with Gasteiger partial charge in [-0.1, -0.05) is 133 Å². The lowest BCUT2D eigenvalue weighted by Gasteiger charge is -2.22. The molecule has 9 rings (SSSR count). The molecule has 1 aliphatic heterocycles. The van der Waals surface area contributed by atoms with Gasteiger partial charge in [-0.15, -0.1) is 0 Å². The van der Waals surface area contributed by atoms with Gasteiger partial charge in [0.05, 0.1) is 11.4 Å². The van der Waals surface area contributed by atoms with Gasteiger partial charge < -0.3 is 4.74 Å². The van der Waals surface area contributed by atoms with Crippen molar-refractivity contribution in [1.82, 2.24) is 9.97 Å². The molecule has 47 heavy (non-hydrogen) atoms. The van der Waals surface area contributed by atoms with Crippen LogP contribution in [0.2, 0.25) is 0 Å². The van der Waals surface area contributed by atoms with Gasteiger partial charge in [0.25, 0.3) is 0 Å². The predicted molar refractivity (Wildman–Crippen MR) is 192 cm³/mol. The number of fused-ring (bicyclic) bond motifs is 2. The Balaban J connectivity index is 1.11. The number of hydrogen-bond acceptors (Lipinski definition) is 3. The smallest absolute Gasteiger partial charge is 0.160 e. The van der Waals surface area contributed by atoms with Gasteiger partial charge in [-0.2, -0.15) is 0 Å². The third-order valence-electron chi connectivity index (χ3n) is 8.87. The standard InChI is InChI=1S/C44H28N2O/c1-3-11-29(12-4-1)39-28-40(46-44(45-39)31-13-5-2-6-14-31)36-20-8-19-34(26-36)32-17-7-18-33(25-32)35-23-24-41-38(27-35)37-21-9-15-30-16-10-22-42(47-41)43(30)37/h1-28H. The molecule has 1 aromatic heterocycles. The minimum absolute atomic E-state index is 0.712. The topological polar surface area (TPSA) is 35.0 Å². The van der Waals surface area contributed by atoms with Crippen LogP contribution in [0.4, 0.5) is 0 Å². The maximum absolute atomic E-state index is 6.35. The molecule has 0 saturated heterocycles. The SMILES string of the molecule is c1ccc(-c2cc(-c3cccc(-c4cccc(-c5ccc6c(c5)-c5cccc7cccc(c57)O6)c4)c3)nc(-c3ccccc3)n2)cc1. The highest BCUT2D eigenvalue weighted by Gasteiger charge is 2.20. The van der Waals surface area contributed by atoms with Gasteiger partial charge in [-0.3, -0.25) is 0 Å². The van der Waals surface area contributed by atoms with E-state index in [9.17, 15) is 0 Å². The molecular formula is C44H28N2O. The lowest BCUT2D eigenvalue weighted by atomic mass is 9.91. The molecule has 2 heterocycles. The molecule has 0 aliphatic carbocycles. The fourth-order valence-corrected chi connectivity index (χ4v) is 6.55. The summed E-state index contributed by atoms with van der Waals surface area (Å²) < 4.78 is 6.35.